The zero-order valence-electron chi connectivity index (χ0n) is 12.5. The SMILES string of the molecule is COCC1CCN(c2nc(Cl)nc(N3CCCCC3)n2)C1. The summed E-state index contributed by atoms with van der Waals surface area (Å²) in [5, 5.41) is 0.288. The van der Waals surface area contributed by atoms with E-state index in [1.165, 1.54) is 19.3 Å². The quantitative estimate of drug-likeness (QED) is 0.847. The summed E-state index contributed by atoms with van der Waals surface area (Å²) >= 11 is 6.10. The molecule has 2 aliphatic heterocycles. The van der Waals surface area contributed by atoms with E-state index in [1.54, 1.807) is 7.11 Å². The minimum atomic E-state index is 0.288. The van der Waals surface area contributed by atoms with Gasteiger partial charge in [-0.05, 0) is 37.3 Å². The molecule has 0 aromatic carbocycles. The van der Waals surface area contributed by atoms with Crippen LogP contribution in [0.2, 0.25) is 5.28 Å². The lowest BCUT2D eigenvalue weighted by Crippen LogP contribution is -2.32. The standard InChI is InChI=1S/C14H22ClN5O/c1-21-10-11-5-8-20(9-11)14-17-12(15)16-13(18-14)19-6-3-2-4-7-19/h11H,2-10H2,1H3. The Balaban J connectivity index is 1.75. The molecule has 1 aromatic rings. The lowest BCUT2D eigenvalue weighted by atomic mass is 10.1. The van der Waals surface area contributed by atoms with Gasteiger partial charge in [-0.15, -0.1) is 0 Å². The van der Waals surface area contributed by atoms with Crippen LogP contribution in [0.25, 0.3) is 0 Å². The van der Waals surface area contributed by atoms with Crippen molar-refractivity contribution >= 4 is 23.5 Å². The number of hydrogen-bond donors (Lipinski definition) is 0. The number of rotatable bonds is 4. The molecule has 2 saturated heterocycles. The number of aromatic nitrogens is 3. The molecule has 0 N–H and O–H groups in total. The summed E-state index contributed by atoms with van der Waals surface area (Å²) in [4.78, 5) is 17.6. The van der Waals surface area contributed by atoms with Crippen molar-refractivity contribution in [2.75, 3.05) is 49.7 Å². The van der Waals surface area contributed by atoms with E-state index >= 15 is 0 Å². The van der Waals surface area contributed by atoms with E-state index in [2.05, 4.69) is 24.8 Å². The summed E-state index contributed by atoms with van der Waals surface area (Å²) in [6.45, 7) is 4.67. The first-order valence-corrected chi connectivity index (χ1v) is 8.04. The van der Waals surface area contributed by atoms with Gasteiger partial charge in [0.05, 0.1) is 6.61 Å². The molecule has 3 rings (SSSR count). The Morgan fingerprint density at radius 1 is 1.05 bits per heavy atom. The van der Waals surface area contributed by atoms with E-state index in [4.69, 9.17) is 16.3 Å². The molecule has 2 aliphatic rings. The maximum Gasteiger partial charge on any atom is 0.231 e. The van der Waals surface area contributed by atoms with Gasteiger partial charge in [0.25, 0.3) is 0 Å². The van der Waals surface area contributed by atoms with Crippen molar-refractivity contribution in [3.05, 3.63) is 5.28 Å². The van der Waals surface area contributed by atoms with Crippen molar-refractivity contribution in [2.45, 2.75) is 25.7 Å². The van der Waals surface area contributed by atoms with Crippen LogP contribution >= 0.6 is 11.6 Å². The minimum absolute atomic E-state index is 0.288. The Bertz CT molecular complexity index is 480. The largest absolute Gasteiger partial charge is 0.384 e. The molecule has 1 unspecified atom stereocenters. The van der Waals surface area contributed by atoms with E-state index < -0.39 is 0 Å². The van der Waals surface area contributed by atoms with Crippen LogP contribution in [0.3, 0.4) is 0 Å². The van der Waals surface area contributed by atoms with Gasteiger partial charge in [0.1, 0.15) is 0 Å². The third kappa shape index (κ3) is 3.55. The van der Waals surface area contributed by atoms with E-state index in [1.807, 2.05) is 0 Å². The second-order valence-electron chi connectivity index (χ2n) is 5.81. The smallest absolute Gasteiger partial charge is 0.231 e. The summed E-state index contributed by atoms with van der Waals surface area (Å²) in [7, 11) is 1.75. The summed E-state index contributed by atoms with van der Waals surface area (Å²) < 4.78 is 5.24. The Morgan fingerprint density at radius 2 is 1.76 bits per heavy atom. The first-order valence-electron chi connectivity index (χ1n) is 7.66. The zero-order chi connectivity index (χ0) is 14.7. The van der Waals surface area contributed by atoms with Crippen molar-refractivity contribution in [3.63, 3.8) is 0 Å². The van der Waals surface area contributed by atoms with Crippen molar-refractivity contribution in [2.24, 2.45) is 5.92 Å². The van der Waals surface area contributed by atoms with Crippen LogP contribution in [0, 0.1) is 5.92 Å². The topological polar surface area (TPSA) is 54.4 Å². The Morgan fingerprint density at radius 3 is 2.48 bits per heavy atom. The molecule has 6 nitrogen and oxygen atoms in total. The van der Waals surface area contributed by atoms with Crippen molar-refractivity contribution < 1.29 is 4.74 Å². The molecule has 0 radical (unpaired) electrons. The fourth-order valence-electron chi connectivity index (χ4n) is 3.09. The second kappa shape index (κ2) is 6.75. The Kier molecular flexibility index (Phi) is 4.75. The highest BCUT2D eigenvalue weighted by Crippen LogP contribution is 2.24. The van der Waals surface area contributed by atoms with Gasteiger partial charge in [0.2, 0.25) is 17.2 Å². The van der Waals surface area contributed by atoms with Gasteiger partial charge in [-0.3, -0.25) is 0 Å². The first-order chi connectivity index (χ1) is 10.3. The molecular formula is C14H22ClN5O. The molecule has 0 bridgehead atoms. The highest BCUT2D eigenvalue weighted by atomic mass is 35.5. The van der Waals surface area contributed by atoms with Gasteiger partial charge in [-0.2, -0.15) is 15.0 Å². The van der Waals surface area contributed by atoms with Crippen molar-refractivity contribution in [3.8, 4) is 0 Å². The minimum Gasteiger partial charge on any atom is -0.384 e. The molecular weight excluding hydrogens is 290 g/mol. The summed E-state index contributed by atoms with van der Waals surface area (Å²) in [5.74, 6) is 1.97. The maximum absolute atomic E-state index is 6.10. The van der Waals surface area contributed by atoms with Crippen molar-refractivity contribution in [1.29, 1.82) is 0 Å². The lowest BCUT2D eigenvalue weighted by Gasteiger charge is -2.27. The predicted molar refractivity (Wildman–Crippen MR) is 83.1 cm³/mol. The average Bonchev–Trinajstić information content (AvgIpc) is 2.97. The van der Waals surface area contributed by atoms with E-state index in [-0.39, 0.29) is 5.28 Å². The number of hydrogen-bond acceptors (Lipinski definition) is 6. The normalized spacial score (nSPS) is 22.9. The van der Waals surface area contributed by atoms with Crippen LogP contribution in [-0.4, -0.2) is 54.8 Å². The van der Waals surface area contributed by atoms with Crippen LogP contribution in [0.15, 0.2) is 0 Å². The van der Waals surface area contributed by atoms with E-state index in [0.29, 0.717) is 11.9 Å². The zero-order valence-corrected chi connectivity index (χ0v) is 13.2. The van der Waals surface area contributed by atoms with Gasteiger partial charge in [-0.1, -0.05) is 0 Å². The van der Waals surface area contributed by atoms with Crippen LogP contribution < -0.4 is 9.80 Å². The van der Waals surface area contributed by atoms with Crippen LogP contribution in [0.1, 0.15) is 25.7 Å². The van der Waals surface area contributed by atoms with E-state index in [9.17, 15) is 0 Å². The van der Waals surface area contributed by atoms with Gasteiger partial charge < -0.3 is 14.5 Å². The summed E-state index contributed by atoms with van der Waals surface area (Å²) in [6.07, 6.45) is 4.78. The predicted octanol–water partition coefficient (Wildman–Crippen LogP) is 1.99. The molecule has 21 heavy (non-hydrogen) atoms. The van der Waals surface area contributed by atoms with Gasteiger partial charge in [0, 0.05) is 39.2 Å². The third-order valence-corrected chi connectivity index (χ3v) is 4.36. The molecule has 116 valence electrons. The van der Waals surface area contributed by atoms with Crippen molar-refractivity contribution in [1.82, 2.24) is 15.0 Å². The van der Waals surface area contributed by atoms with Crippen LogP contribution in [-0.2, 0) is 4.74 Å². The number of anilines is 2. The van der Waals surface area contributed by atoms with Gasteiger partial charge >= 0.3 is 0 Å². The number of halogens is 1. The molecule has 0 spiro atoms. The Labute approximate surface area is 130 Å². The average molecular weight is 312 g/mol. The van der Waals surface area contributed by atoms with Gasteiger partial charge in [-0.25, -0.2) is 0 Å². The van der Waals surface area contributed by atoms with E-state index in [0.717, 1.165) is 45.2 Å². The molecule has 1 atom stereocenters. The van der Waals surface area contributed by atoms with Gasteiger partial charge in [0.15, 0.2) is 0 Å². The second-order valence-corrected chi connectivity index (χ2v) is 6.15. The number of piperidine rings is 1. The fourth-order valence-corrected chi connectivity index (χ4v) is 3.24. The maximum atomic E-state index is 6.10. The highest BCUT2D eigenvalue weighted by molar-refractivity contribution is 6.28. The molecule has 0 aliphatic carbocycles. The molecule has 2 fully saturated rings. The van der Waals surface area contributed by atoms with Crippen LogP contribution in [0.4, 0.5) is 11.9 Å². The summed E-state index contributed by atoms with van der Waals surface area (Å²) in [5.41, 5.74) is 0. The number of methoxy groups -OCH3 is 1. The highest BCUT2D eigenvalue weighted by Gasteiger charge is 2.26. The molecule has 0 saturated carbocycles. The number of nitrogens with zero attached hydrogens (tertiary/aromatic N) is 5. The first kappa shape index (κ1) is 14.8. The summed E-state index contributed by atoms with van der Waals surface area (Å²) in [6, 6.07) is 0. The third-order valence-electron chi connectivity index (χ3n) is 4.19. The Hall–Kier alpha value is -1.14. The lowest BCUT2D eigenvalue weighted by molar-refractivity contribution is 0.161. The molecule has 0 amide bonds. The monoisotopic (exact) mass is 311 g/mol. The fraction of sp³-hybridized carbons (Fsp3) is 0.786. The number of ether oxygens (including phenoxy) is 1. The van der Waals surface area contributed by atoms with Crippen LogP contribution in [0.5, 0.6) is 0 Å². The molecule has 3 heterocycles. The molecule has 1 aromatic heterocycles. The molecule has 7 heteroatoms.